The van der Waals surface area contributed by atoms with Gasteiger partial charge in [0.15, 0.2) is 5.72 Å². The number of alkyl carbamates (subject to hydrolysis) is 1. The zero-order valence-electron chi connectivity index (χ0n) is 52.3. The molecular weight excluding hydrogens is 1330 g/mol. The van der Waals surface area contributed by atoms with Crippen LogP contribution in [0.2, 0.25) is 5.02 Å². The number of rotatable bonds is 25. The summed E-state index contributed by atoms with van der Waals surface area (Å²) in [6.45, 7) is 11.4. The first kappa shape index (κ1) is 74.3. The molecular formula is C61H83Br2ClF2N8O16. The van der Waals surface area contributed by atoms with Crippen molar-refractivity contribution in [3.63, 3.8) is 0 Å². The molecule has 0 spiro atoms. The molecule has 5 rings (SSSR count). The van der Waals surface area contributed by atoms with Crippen molar-refractivity contribution in [2.24, 2.45) is 23.5 Å². The molecule has 8 amide bonds. The monoisotopic (exact) mass is 1410 g/mol. The molecule has 29 heteroatoms. The molecule has 3 heterocycles. The van der Waals surface area contributed by atoms with Crippen molar-refractivity contribution in [2.45, 2.75) is 166 Å². The summed E-state index contributed by atoms with van der Waals surface area (Å²) in [5, 5.41) is 25.2. The molecule has 2 aromatic carbocycles. The van der Waals surface area contributed by atoms with Crippen LogP contribution in [0.25, 0.3) is 0 Å². The van der Waals surface area contributed by atoms with Crippen LogP contribution in [-0.4, -0.2) is 169 Å². The molecule has 2 fully saturated rings. The van der Waals surface area contributed by atoms with Crippen LogP contribution in [0.4, 0.5) is 29.7 Å². The third-order valence-corrected chi connectivity index (χ3v) is 18.1. The third kappa shape index (κ3) is 19.5. The van der Waals surface area contributed by atoms with E-state index in [1.165, 1.54) is 33.1 Å². The highest BCUT2D eigenvalue weighted by atomic mass is 79.9. The fraction of sp³-hybridized carbons (Fsp3) is 0.590. The van der Waals surface area contributed by atoms with Crippen LogP contribution in [0.3, 0.4) is 0 Å². The number of amides is 8. The maximum atomic E-state index is 16.2. The van der Waals surface area contributed by atoms with Gasteiger partial charge < -0.3 is 70.3 Å². The normalized spacial score (nSPS) is 24.1. The summed E-state index contributed by atoms with van der Waals surface area (Å²) in [6, 6.07) is -0.568. The van der Waals surface area contributed by atoms with Crippen LogP contribution in [0.5, 0.6) is 5.75 Å². The van der Waals surface area contributed by atoms with Crippen LogP contribution >= 0.6 is 43.5 Å². The van der Waals surface area contributed by atoms with Crippen LogP contribution in [0.1, 0.15) is 116 Å². The van der Waals surface area contributed by atoms with Crippen molar-refractivity contribution in [3.8, 4) is 5.75 Å². The summed E-state index contributed by atoms with van der Waals surface area (Å²) in [5.74, 6) is -9.51. The molecule has 3 aliphatic heterocycles. The zero-order chi connectivity index (χ0) is 67.1. The Balaban J connectivity index is 1.34. The van der Waals surface area contributed by atoms with Gasteiger partial charge in [0.25, 0.3) is 5.91 Å². The van der Waals surface area contributed by atoms with Gasteiger partial charge in [0.05, 0.1) is 48.6 Å². The standard InChI is InChI=1S/C61H83Br2ClF2N8O16/c1-31(2)51(71-48(75)20-13-12-17-33(4)87-57(81)37(29-62)30-63)54(78)69-41(18-15-21-68-58(67)82)53(77)70-42-26-39(65)38(25-40(42)66)55(79)73(8)35(6)56(80)89-47-27-49(76)74(9)43-23-36(24-44(85-10)50(43)64)22-32(3)16-14-19-46(86-11)61(84)28-45(88-59(83)72-61)34(5)52-60(47,7)90-52/h14,16,19,23-26,31,33-35,37,41,45-47,51-52,84H,12-13,15,17-18,20-22,27-30H2,1-11H3,(H,69,78)(H,70,77)(H,71,75)(H,72,83)(H3,67,68,82)/b19-14+,32-16+/t33?,34-,35+,41+,45+,46-,47+,51+,52+,60+,61+/m1/s1. The Morgan fingerprint density at radius 2 is 1.66 bits per heavy atom. The van der Waals surface area contributed by atoms with Crippen LogP contribution in [0.15, 0.2) is 48.1 Å². The van der Waals surface area contributed by atoms with Crippen LogP contribution in [-0.2, 0) is 58.9 Å². The van der Waals surface area contributed by atoms with E-state index < -0.39 is 149 Å². The van der Waals surface area contributed by atoms with Gasteiger partial charge in [-0.2, -0.15) is 0 Å². The number of halogens is 5. The van der Waals surface area contributed by atoms with E-state index in [4.69, 9.17) is 45.8 Å². The minimum atomic E-state index is -1.97. The number of nitrogens with one attached hydrogen (secondary N) is 5. The number of nitrogens with two attached hydrogens (primary N) is 1. The first-order valence-corrected chi connectivity index (χ1v) is 32.1. The SMILES string of the molecule is COc1cc2cc(c1Cl)N(C)C(=O)C[C@H](OC(=O)[C@H](C)N(C)C(=O)c1cc(F)c(NC(=O)[C@H](CCCNC(N)=O)NC(=O)[C@@H](NC(=O)CCCCC(C)OC(=O)C(CBr)CBr)C(C)C)cc1F)[C@]1(C)O[C@H]1[C@H](C)[C@@H]1C[C@@](O)(NC(=O)O1)[C@H](OC)/C=C/C=C(\C)C2. The Hall–Kier alpha value is -6.46. The molecule has 24 nitrogen and oxygen atoms in total. The van der Waals surface area contributed by atoms with E-state index in [9.17, 15) is 48.3 Å². The van der Waals surface area contributed by atoms with E-state index in [1.807, 2.05) is 6.92 Å². The minimum Gasteiger partial charge on any atom is -0.495 e. The summed E-state index contributed by atoms with van der Waals surface area (Å²) in [5.41, 5.74) is 1.94. The van der Waals surface area contributed by atoms with Gasteiger partial charge in [0.2, 0.25) is 23.6 Å². The topological polar surface area (TPSA) is 325 Å². The molecule has 0 radical (unpaired) electrons. The number of fused-ring (bicyclic) bond motifs is 5. The predicted molar refractivity (Wildman–Crippen MR) is 336 cm³/mol. The summed E-state index contributed by atoms with van der Waals surface area (Å²) >= 11 is 13.4. The maximum Gasteiger partial charge on any atom is 0.409 e. The Morgan fingerprint density at radius 3 is 2.29 bits per heavy atom. The number of epoxide rings is 1. The number of hydrogen-bond donors (Lipinski definition) is 7. The van der Waals surface area contributed by atoms with E-state index in [1.54, 1.807) is 65.0 Å². The number of hydrogen-bond acceptors (Lipinski definition) is 16. The lowest BCUT2D eigenvalue weighted by atomic mass is 9.83. The number of benzene rings is 2. The molecule has 3 aliphatic rings. The van der Waals surface area contributed by atoms with Gasteiger partial charge in [-0.3, -0.25) is 34.1 Å². The smallest absolute Gasteiger partial charge is 0.409 e. The van der Waals surface area contributed by atoms with E-state index in [0.717, 1.165) is 17.5 Å². The van der Waals surface area contributed by atoms with Gasteiger partial charge in [0.1, 0.15) is 64.4 Å². The highest BCUT2D eigenvalue weighted by molar-refractivity contribution is 9.09. The van der Waals surface area contributed by atoms with Crippen molar-refractivity contribution in [1.82, 2.24) is 26.2 Å². The number of anilines is 2. The number of carbonyl (C=O) groups is 9. The van der Waals surface area contributed by atoms with Gasteiger partial charge in [-0.15, -0.1) is 0 Å². The van der Waals surface area contributed by atoms with Crippen LogP contribution < -0.4 is 42.0 Å². The molecule has 498 valence electrons. The minimum absolute atomic E-state index is 0.0225. The molecule has 11 atom stereocenters. The van der Waals surface area contributed by atoms with Crippen molar-refractivity contribution in [2.75, 3.05) is 55.7 Å². The first-order valence-electron chi connectivity index (χ1n) is 29.4. The third-order valence-electron chi connectivity index (χ3n) is 16.2. The van der Waals surface area contributed by atoms with Crippen molar-refractivity contribution >= 4 is 108 Å². The fourth-order valence-corrected chi connectivity index (χ4v) is 12.4. The number of unbranched alkanes of at least 4 members (excludes halogenated alkanes) is 1. The Labute approximate surface area is 544 Å². The first-order chi connectivity index (χ1) is 42.3. The van der Waals surface area contributed by atoms with E-state index in [0.29, 0.717) is 54.0 Å². The summed E-state index contributed by atoms with van der Waals surface area (Å²) < 4.78 is 67.1. The molecule has 0 saturated carbocycles. The summed E-state index contributed by atoms with van der Waals surface area (Å²) in [6.07, 6.45) is 0.267. The average molecular weight is 1420 g/mol. The molecule has 90 heavy (non-hydrogen) atoms. The highest BCUT2D eigenvalue weighted by Crippen LogP contribution is 2.49. The second-order valence-corrected chi connectivity index (χ2v) is 25.1. The number of esters is 2. The molecule has 0 aliphatic carbocycles. The maximum absolute atomic E-state index is 16.2. The van der Waals surface area contributed by atoms with E-state index >= 15 is 8.78 Å². The Morgan fingerprint density at radius 1 is 0.967 bits per heavy atom. The van der Waals surface area contributed by atoms with E-state index in [-0.39, 0.29) is 60.6 Å². The number of urea groups is 1. The molecule has 0 aromatic heterocycles. The number of alkyl halides is 2. The van der Waals surface area contributed by atoms with E-state index in [2.05, 4.69) is 58.4 Å². The zero-order valence-corrected chi connectivity index (χ0v) is 56.2. The second-order valence-electron chi connectivity index (χ2n) is 23.4. The van der Waals surface area contributed by atoms with Gasteiger partial charge in [0, 0.05) is 63.2 Å². The largest absolute Gasteiger partial charge is 0.495 e. The van der Waals surface area contributed by atoms with Crippen LogP contribution in [0, 0.1) is 29.4 Å². The number of methoxy groups -OCH3 is 2. The summed E-state index contributed by atoms with van der Waals surface area (Å²) in [7, 11) is 5.38. The summed E-state index contributed by atoms with van der Waals surface area (Å²) in [4.78, 5) is 123. The molecule has 2 aromatic rings. The van der Waals surface area contributed by atoms with Gasteiger partial charge >= 0.3 is 24.1 Å². The highest BCUT2D eigenvalue weighted by Gasteiger charge is 2.64. The number of primary amides is 1. The quantitative estimate of drug-likeness (QED) is 0.0173. The molecule has 1 unspecified atom stereocenters. The van der Waals surface area contributed by atoms with Crippen molar-refractivity contribution < 1.29 is 85.5 Å². The number of aliphatic hydroxyl groups is 1. The lowest BCUT2D eigenvalue weighted by Gasteiger charge is -2.42. The second kappa shape index (κ2) is 33.2. The van der Waals surface area contributed by atoms with Crippen molar-refractivity contribution in [1.29, 1.82) is 0 Å². The number of carbonyl (C=O) groups excluding carboxylic acids is 9. The van der Waals surface area contributed by atoms with Gasteiger partial charge in [-0.25, -0.2) is 23.2 Å². The number of allylic oxidation sites excluding steroid dienone is 3. The average Bonchev–Trinajstić information content (AvgIpc) is 1.59. The lowest BCUT2D eigenvalue weighted by Crippen LogP contribution is -2.63. The number of nitrogens with zero attached hydrogens (tertiary/aromatic N) is 2. The molecule has 2 saturated heterocycles. The number of likely N-dealkylation sites (N-methyl/N-ethyl adjacent to an activating group) is 1. The number of ether oxygens (including phenoxy) is 6. The fourth-order valence-electron chi connectivity index (χ4n) is 10.5. The molecule has 8 N–H and O–H groups in total. The van der Waals surface area contributed by atoms with Gasteiger partial charge in [-0.05, 0) is 95.9 Å². The lowest BCUT2D eigenvalue weighted by molar-refractivity contribution is -0.158. The Bertz CT molecular complexity index is 3030. The van der Waals surface area contributed by atoms with Gasteiger partial charge in [-0.1, -0.05) is 88.0 Å². The van der Waals surface area contributed by atoms with Crippen molar-refractivity contribution in [3.05, 3.63) is 75.9 Å². The Kier molecular flexibility index (Phi) is 27.4. The molecule has 4 bridgehead atoms. The predicted octanol–water partition coefficient (Wildman–Crippen LogP) is 7.02.